The number of esters is 2. The molecule has 6 nitrogen and oxygen atoms in total. The Kier molecular flexibility index (Phi) is 4.71. The second-order valence-corrected chi connectivity index (χ2v) is 6.57. The van der Waals surface area contributed by atoms with Gasteiger partial charge in [-0.3, -0.25) is 0 Å². The molecule has 2 aromatic carbocycles. The van der Waals surface area contributed by atoms with Crippen LogP contribution in [0.15, 0.2) is 60.8 Å². The van der Waals surface area contributed by atoms with E-state index in [0.29, 0.717) is 22.0 Å². The molecule has 1 unspecified atom stereocenters. The summed E-state index contributed by atoms with van der Waals surface area (Å²) < 4.78 is 10.6. The fraction of sp³-hybridized carbons (Fsp3) is 0.0952. The molecule has 0 bridgehead atoms. The first kappa shape index (κ1) is 18.0. The Morgan fingerprint density at radius 3 is 2.82 bits per heavy atom. The summed E-state index contributed by atoms with van der Waals surface area (Å²) in [7, 11) is 0. The highest BCUT2D eigenvalue weighted by molar-refractivity contribution is 6.31. The standard InChI is InChI=1S/C21H15ClN2O4/c1-12-16(22)9-4-10-17(12)24-18-15(8-5-11-23-18)20(26)28-21-14-7-3-2-6-13(14)19(25)27-21/h2-11,21H,1H3,(H,23,24). The zero-order chi connectivity index (χ0) is 19.7. The molecule has 0 saturated heterocycles. The third kappa shape index (κ3) is 3.30. The molecule has 1 N–H and O–H groups in total. The van der Waals surface area contributed by atoms with E-state index in [0.717, 1.165) is 11.3 Å². The van der Waals surface area contributed by atoms with E-state index < -0.39 is 18.2 Å². The summed E-state index contributed by atoms with van der Waals surface area (Å²) in [6.07, 6.45) is 0.473. The molecular formula is C21H15ClN2O4. The minimum absolute atomic E-state index is 0.210. The third-order valence-corrected chi connectivity index (χ3v) is 4.82. The Bertz CT molecular complexity index is 1080. The molecule has 1 aliphatic rings. The number of benzene rings is 2. The fourth-order valence-corrected chi connectivity index (χ4v) is 3.08. The van der Waals surface area contributed by atoms with E-state index in [1.807, 2.05) is 13.0 Å². The highest BCUT2D eigenvalue weighted by Crippen LogP contribution is 2.33. The van der Waals surface area contributed by atoms with Crippen molar-refractivity contribution in [1.29, 1.82) is 0 Å². The van der Waals surface area contributed by atoms with Gasteiger partial charge in [-0.25, -0.2) is 14.6 Å². The van der Waals surface area contributed by atoms with E-state index in [9.17, 15) is 9.59 Å². The Balaban J connectivity index is 1.60. The summed E-state index contributed by atoms with van der Waals surface area (Å²) in [5.41, 5.74) is 2.66. The molecule has 7 heteroatoms. The number of fused-ring (bicyclic) bond motifs is 1. The van der Waals surface area contributed by atoms with Crippen LogP contribution in [-0.4, -0.2) is 16.9 Å². The molecule has 1 aromatic heterocycles. The van der Waals surface area contributed by atoms with Gasteiger partial charge in [-0.05, 0) is 42.8 Å². The highest BCUT2D eigenvalue weighted by atomic mass is 35.5. The van der Waals surface area contributed by atoms with Crippen LogP contribution in [-0.2, 0) is 9.47 Å². The van der Waals surface area contributed by atoms with E-state index in [-0.39, 0.29) is 5.56 Å². The zero-order valence-corrected chi connectivity index (χ0v) is 15.6. The van der Waals surface area contributed by atoms with Gasteiger partial charge in [-0.1, -0.05) is 35.9 Å². The van der Waals surface area contributed by atoms with Crippen LogP contribution in [0.1, 0.15) is 38.1 Å². The van der Waals surface area contributed by atoms with E-state index in [4.69, 9.17) is 21.1 Å². The van der Waals surface area contributed by atoms with Crippen LogP contribution >= 0.6 is 11.6 Å². The van der Waals surface area contributed by atoms with Crippen molar-refractivity contribution in [3.05, 3.63) is 88.1 Å². The largest absolute Gasteiger partial charge is 0.417 e. The number of nitrogens with zero attached hydrogens (tertiary/aromatic N) is 1. The van der Waals surface area contributed by atoms with E-state index in [2.05, 4.69) is 10.3 Å². The lowest BCUT2D eigenvalue weighted by atomic mass is 10.1. The predicted octanol–water partition coefficient (Wildman–Crippen LogP) is 4.81. The van der Waals surface area contributed by atoms with E-state index in [1.165, 1.54) is 0 Å². The van der Waals surface area contributed by atoms with Gasteiger partial charge in [0.25, 0.3) is 6.29 Å². The van der Waals surface area contributed by atoms with Crippen LogP contribution in [0.3, 0.4) is 0 Å². The van der Waals surface area contributed by atoms with Crippen LogP contribution < -0.4 is 5.32 Å². The molecule has 1 aliphatic heterocycles. The second-order valence-electron chi connectivity index (χ2n) is 6.17. The molecule has 0 saturated carbocycles. The van der Waals surface area contributed by atoms with Crippen LogP contribution in [0, 0.1) is 6.92 Å². The van der Waals surface area contributed by atoms with Crippen molar-refractivity contribution in [2.45, 2.75) is 13.2 Å². The van der Waals surface area contributed by atoms with Gasteiger partial charge >= 0.3 is 11.9 Å². The predicted molar refractivity (Wildman–Crippen MR) is 104 cm³/mol. The molecule has 0 fully saturated rings. The molecule has 0 aliphatic carbocycles. The summed E-state index contributed by atoms with van der Waals surface area (Å²) in [5, 5.41) is 3.71. The lowest BCUT2D eigenvalue weighted by Gasteiger charge is -2.15. The Hall–Kier alpha value is -3.38. The molecule has 1 atom stereocenters. The van der Waals surface area contributed by atoms with Crippen molar-refractivity contribution < 1.29 is 19.1 Å². The first-order valence-corrected chi connectivity index (χ1v) is 8.90. The van der Waals surface area contributed by atoms with Gasteiger partial charge in [0.05, 0.1) is 5.56 Å². The van der Waals surface area contributed by atoms with Gasteiger partial charge in [0.1, 0.15) is 11.4 Å². The van der Waals surface area contributed by atoms with Gasteiger partial charge in [0.15, 0.2) is 0 Å². The molecule has 0 amide bonds. The molecule has 140 valence electrons. The number of ether oxygens (including phenoxy) is 2. The van der Waals surface area contributed by atoms with Gasteiger partial charge in [0.2, 0.25) is 0 Å². The van der Waals surface area contributed by atoms with Crippen molar-refractivity contribution in [2.75, 3.05) is 5.32 Å². The SMILES string of the molecule is Cc1c(Cl)cccc1Nc1ncccc1C(=O)OC1OC(=O)c2ccccc21. The molecular weight excluding hydrogens is 380 g/mol. The normalized spacial score (nSPS) is 14.9. The first-order valence-electron chi connectivity index (χ1n) is 8.52. The number of cyclic esters (lactones) is 1. The fourth-order valence-electron chi connectivity index (χ4n) is 2.90. The molecule has 28 heavy (non-hydrogen) atoms. The molecule has 4 rings (SSSR count). The van der Waals surface area contributed by atoms with Crippen molar-refractivity contribution in [3.63, 3.8) is 0 Å². The van der Waals surface area contributed by atoms with Crippen molar-refractivity contribution in [1.82, 2.24) is 4.98 Å². The summed E-state index contributed by atoms with van der Waals surface area (Å²) in [6, 6.07) is 15.4. The lowest BCUT2D eigenvalue weighted by Crippen LogP contribution is -2.14. The van der Waals surface area contributed by atoms with Crippen LogP contribution in [0.25, 0.3) is 0 Å². The number of anilines is 2. The van der Waals surface area contributed by atoms with Gasteiger partial charge < -0.3 is 14.8 Å². The van der Waals surface area contributed by atoms with Crippen molar-refractivity contribution in [3.8, 4) is 0 Å². The van der Waals surface area contributed by atoms with Gasteiger partial charge in [-0.15, -0.1) is 0 Å². The maximum absolute atomic E-state index is 12.8. The number of nitrogens with one attached hydrogen (secondary N) is 1. The number of carbonyl (C=O) groups is 2. The van der Waals surface area contributed by atoms with Crippen molar-refractivity contribution >= 4 is 35.0 Å². The maximum Gasteiger partial charge on any atom is 0.345 e. The second kappa shape index (κ2) is 7.32. The third-order valence-electron chi connectivity index (χ3n) is 4.41. The minimum atomic E-state index is -1.09. The maximum atomic E-state index is 12.8. The van der Waals surface area contributed by atoms with Gasteiger partial charge in [0, 0.05) is 22.5 Å². The number of hydrogen-bond acceptors (Lipinski definition) is 6. The number of rotatable bonds is 4. The van der Waals surface area contributed by atoms with Crippen LogP contribution in [0.2, 0.25) is 5.02 Å². The summed E-state index contributed by atoms with van der Waals surface area (Å²) >= 11 is 6.16. The summed E-state index contributed by atoms with van der Waals surface area (Å²) in [5.74, 6) is -0.868. The average molecular weight is 395 g/mol. The van der Waals surface area contributed by atoms with Gasteiger partial charge in [-0.2, -0.15) is 0 Å². The van der Waals surface area contributed by atoms with Crippen LogP contribution in [0.5, 0.6) is 0 Å². The highest BCUT2D eigenvalue weighted by Gasteiger charge is 2.34. The topological polar surface area (TPSA) is 77.5 Å². The van der Waals surface area contributed by atoms with E-state index >= 15 is 0 Å². The Morgan fingerprint density at radius 2 is 1.96 bits per heavy atom. The smallest absolute Gasteiger partial charge is 0.345 e. The molecule has 0 radical (unpaired) electrons. The lowest BCUT2D eigenvalue weighted by molar-refractivity contribution is -0.0723. The summed E-state index contributed by atoms with van der Waals surface area (Å²) in [6.45, 7) is 1.86. The monoisotopic (exact) mass is 394 g/mol. The molecule has 3 aromatic rings. The molecule has 2 heterocycles. The first-order chi connectivity index (χ1) is 13.5. The number of halogens is 1. The number of hydrogen-bond donors (Lipinski definition) is 1. The Labute approximate surface area is 166 Å². The summed E-state index contributed by atoms with van der Waals surface area (Å²) in [4.78, 5) is 28.9. The van der Waals surface area contributed by atoms with Crippen molar-refractivity contribution in [2.24, 2.45) is 0 Å². The quantitative estimate of drug-likeness (QED) is 0.639. The molecule has 0 spiro atoms. The Morgan fingerprint density at radius 1 is 1.14 bits per heavy atom. The van der Waals surface area contributed by atoms with E-state index in [1.54, 1.807) is 54.7 Å². The number of carbonyl (C=O) groups excluding carboxylic acids is 2. The minimum Gasteiger partial charge on any atom is -0.417 e. The zero-order valence-electron chi connectivity index (χ0n) is 14.8. The number of pyridine rings is 1. The van der Waals surface area contributed by atoms with Crippen LogP contribution in [0.4, 0.5) is 11.5 Å². The number of aromatic nitrogens is 1. The average Bonchev–Trinajstić information content (AvgIpc) is 3.02.